The second-order valence-corrected chi connectivity index (χ2v) is 5.54. The van der Waals surface area contributed by atoms with Gasteiger partial charge >= 0.3 is 0 Å². The summed E-state index contributed by atoms with van der Waals surface area (Å²) < 4.78 is 0. The minimum Gasteiger partial charge on any atom is -0.376 e. The highest BCUT2D eigenvalue weighted by molar-refractivity contribution is 6.31. The van der Waals surface area contributed by atoms with Gasteiger partial charge in [0.05, 0.1) is 6.54 Å². The number of halogens is 1. The lowest BCUT2D eigenvalue weighted by Crippen LogP contribution is -2.22. The summed E-state index contributed by atoms with van der Waals surface area (Å²) in [5.41, 5.74) is 4.85. The molecule has 1 amide bonds. The second kappa shape index (κ2) is 6.64. The SMILES string of the molecule is Cc1ccc(NCC(=O)Nc2c(C)cccc2C)cc1Cl. The predicted molar refractivity (Wildman–Crippen MR) is 89.2 cm³/mol. The highest BCUT2D eigenvalue weighted by atomic mass is 35.5. The fourth-order valence-corrected chi connectivity index (χ4v) is 2.26. The third kappa shape index (κ3) is 3.99. The molecule has 0 heterocycles. The number of hydrogen-bond acceptors (Lipinski definition) is 2. The fraction of sp³-hybridized carbons (Fsp3) is 0.235. The van der Waals surface area contributed by atoms with Gasteiger partial charge in [0, 0.05) is 16.4 Å². The Morgan fingerprint density at radius 3 is 2.33 bits per heavy atom. The van der Waals surface area contributed by atoms with Crippen molar-refractivity contribution in [1.82, 2.24) is 0 Å². The number of benzene rings is 2. The van der Waals surface area contributed by atoms with Gasteiger partial charge in [-0.1, -0.05) is 35.9 Å². The molecule has 0 atom stereocenters. The molecule has 0 aliphatic carbocycles. The zero-order valence-electron chi connectivity index (χ0n) is 12.5. The number of nitrogens with one attached hydrogen (secondary N) is 2. The van der Waals surface area contributed by atoms with Gasteiger partial charge in [-0.3, -0.25) is 4.79 Å². The average Bonchev–Trinajstić information content (AvgIpc) is 2.44. The van der Waals surface area contributed by atoms with Crippen LogP contribution >= 0.6 is 11.6 Å². The van der Waals surface area contributed by atoms with Crippen LogP contribution < -0.4 is 10.6 Å². The van der Waals surface area contributed by atoms with Crippen molar-refractivity contribution in [2.75, 3.05) is 17.2 Å². The highest BCUT2D eigenvalue weighted by Crippen LogP contribution is 2.21. The first-order valence-corrected chi connectivity index (χ1v) is 7.21. The molecule has 4 heteroatoms. The molecule has 0 aliphatic heterocycles. The van der Waals surface area contributed by atoms with Crippen LogP contribution in [0, 0.1) is 20.8 Å². The van der Waals surface area contributed by atoms with E-state index >= 15 is 0 Å². The zero-order valence-corrected chi connectivity index (χ0v) is 13.2. The topological polar surface area (TPSA) is 41.1 Å². The van der Waals surface area contributed by atoms with Gasteiger partial charge in [-0.2, -0.15) is 0 Å². The van der Waals surface area contributed by atoms with Crippen LogP contribution in [0.2, 0.25) is 5.02 Å². The van der Waals surface area contributed by atoms with E-state index in [0.717, 1.165) is 28.1 Å². The Bertz CT molecular complexity index is 648. The fourth-order valence-electron chi connectivity index (χ4n) is 2.08. The minimum absolute atomic E-state index is 0.0795. The van der Waals surface area contributed by atoms with Gasteiger partial charge in [-0.05, 0) is 49.6 Å². The molecule has 110 valence electrons. The maximum Gasteiger partial charge on any atom is 0.243 e. The van der Waals surface area contributed by atoms with Gasteiger partial charge < -0.3 is 10.6 Å². The Morgan fingerprint density at radius 1 is 1.05 bits per heavy atom. The van der Waals surface area contributed by atoms with E-state index in [1.165, 1.54) is 0 Å². The van der Waals surface area contributed by atoms with Gasteiger partial charge in [0.25, 0.3) is 0 Å². The lowest BCUT2D eigenvalue weighted by atomic mass is 10.1. The summed E-state index contributed by atoms with van der Waals surface area (Å²) in [6.07, 6.45) is 0. The third-order valence-corrected chi connectivity index (χ3v) is 3.78. The summed E-state index contributed by atoms with van der Waals surface area (Å²) >= 11 is 6.06. The number of amides is 1. The van der Waals surface area contributed by atoms with Crippen LogP contribution in [0.5, 0.6) is 0 Å². The number of carbonyl (C=O) groups excluding carboxylic acids is 1. The molecule has 0 radical (unpaired) electrons. The van der Waals surface area contributed by atoms with Crippen LogP contribution in [0.25, 0.3) is 0 Å². The molecule has 0 aromatic heterocycles. The van der Waals surface area contributed by atoms with E-state index in [1.54, 1.807) is 0 Å². The van der Waals surface area contributed by atoms with Crippen LogP contribution in [0.3, 0.4) is 0 Å². The summed E-state index contributed by atoms with van der Waals surface area (Å²) in [6, 6.07) is 11.6. The first kappa shape index (κ1) is 15.4. The molecule has 0 saturated heterocycles. The molecule has 0 aliphatic rings. The minimum atomic E-state index is -0.0795. The molecule has 0 bridgehead atoms. The van der Waals surface area contributed by atoms with Crippen LogP contribution in [0.15, 0.2) is 36.4 Å². The molecular weight excluding hydrogens is 284 g/mol. The summed E-state index contributed by atoms with van der Waals surface area (Å²) in [4.78, 5) is 12.0. The van der Waals surface area contributed by atoms with Crippen molar-refractivity contribution in [3.05, 3.63) is 58.1 Å². The number of anilines is 2. The average molecular weight is 303 g/mol. The molecule has 2 aromatic rings. The first-order valence-electron chi connectivity index (χ1n) is 6.83. The van der Waals surface area contributed by atoms with Crippen molar-refractivity contribution < 1.29 is 4.79 Å². The predicted octanol–water partition coefficient (Wildman–Crippen LogP) is 4.32. The van der Waals surface area contributed by atoms with Gasteiger partial charge in [0.1, 0.15) is 0 Å². The Balaban J connectivity index is 1.97. The second-order valence-electron chi connectivity index (χ2n) is 5.13. The summed E-state index contributed by atoms with van der Waals surface area (Å²) in [5, 5.41) is 6.71. The number of rotatable bonds is 4. The quantitative estimate of drug-likeness (QED) is 0.883. The molecule has 0 fully saturated rings. The molecular formula is C17H19ClN2O. The van der Waals surface area contributed by atoms with E-state index in [2.05, 4.69) is 10.6 Å². The largest absolute Gasteiger partial charge is 0.376 e. The number of hydrogen-bond donors (Lipinski definition) is 2. The molecule has 0 unspecified atom stereocenters. The van der Waals surface area contributed by atoms with E-state index in [4.69, 9.17) is 11.6 Å². The van der Waals surface area contributed by atoms with Gasteiger partial charge in [0.2, 0.25) is 5.91 Å². The van der Waals surface area contributed by atoms with Crippen LogP contribution in [-0.2, 0) is 4.79 Å². The van der Waals surface area contributed by atoms with E-state index in [0.29, 0.717) is 5.02 Å². The van der Waals surface area contributed by atoms with Crippen molar-refractivity contribution in [3.8, 4) is 0 Å². The highest BCUT2D eigenvalue weighted by Gasteiger charge is 2.07. The Labute approximate surface area is 130 Å². The molecule has 2 aromatic carbocycles. The smallest absolute Gasteiger partial charge is 0.243 e. The van der Waals surface area contributed by atoms with Crippen LogP contribution in [0.4, 0.5) is 11.4 Å². The molecule has 21 heavy (non-hydrogen) atoms. The Kier molecular flexibility index (Phi) is 4.86. The van der Waals surface area contributed by atoms with Crippen molar-refractivity contribution >= 4 is 28.9 Å². The van der Waals surface area contributed by atoms with E-state index in [-0.39, 0.29) is 12.5 Å². The maximum absolute atomic E-state index is 12.0. The molecule has 0 spiro atoms. The number of para-hydroxylation sites is 1. The van der Waals surface area contributed by atoms with Gasteiger partial charge in [0.15, 0.2) is 0 Å². The molecule has 2 N–H and O–H groups in total. The standard InChI is InChI=1S/C17H19ClN2O/c1-11-7-8-14(9-15(11)18)19-10-16(21)20-17-12(2)5-4-6-13(17)3/h4-9,19H,10H2,1-3H3,(H,20,21). The van der Waals surface area contributed by atoms with Gasteiger partial charge in [-0.25, -0.2) is 0 Å². The number of aryl methyl sites for hydroxylation is 3. The molecule has 0 saturated carbocycles. The van der Waals surface area contributed by atoms with E-state index < -0.39 is 0 Å². The monoisotopic (exact) mass is 302 g/mol. The van der Waals surface area contributed by atoms with Crippen LogP contribution in [-0.4, -0.2) is 12.5 Å². The normalized spacial score (nSPS) is 10.3. The van der Waals surface area contributed by atoms with Crippen molar-refractivity contribution in [2.24, 2.45) is 0 Å². The van der Waals surface area contributed by atoms with Crippen LogP contribution in [0.1, 0.15) is 16.7 Å². The van der Waals surface area contributed by atoms with Crippen molar-refractivity contribution in [2.45, 2.75) is 20.8 Å². The Morgan fingerprint density at radius 2 is 1.71 bits per heavy atom. The lowest BCUT2D eigenvalue weighted by Gasteiger charge is -2.12. The Hall–Kier alpha value is -2.00. The van der Waals surface area contributed by atoms with Crippen molar-refractivity contribution in [3.63, 3.8) is 0 Å². The van der Waals surface area contributed by atoms with E-state index in [9.17, 15) is 4.79 Å². The lowest BCUT2D eigenvalue weighted by molar-refractivity contribution is -0.114. The summed E-state index contributed by atoms with van der Waals surface area (Å²) in [5.74, 6) is -0.0795. The first-order chi connectivity index (χ1) is 9.97. The van der Waals surface area contributed by atoms with Crippen molar-refractivity contribution in [1.29, 1.82) is 0 Å². The molecule has 3 nitrogen and oxygen atoms in total. The number of carbonyl (C=O) groups is 1. The summed E-state index contributed by atoms with van der Waals surface area (Å²) in [7, 11) is 0. The zero-order chi connectivity index (χ0) is 15.4. The van der Waals surface area contributed by atoms with Gasteiger partial charge in [-0.15, -0.1) is 0 Å². The third-order valence-electron chi connectivity index (χ3n) is 3.37. The summed E-state index contributed by atoms with van der Waals surface area (Å²) in [6.45, 7) is 6.11. The maximum atomic E-state index is 12.0. The molecule has 2 rings (SSSR count). The van der Waals surface area contributed by atoms with E-state index in [1.807, 2.05) is 57.2 Å².